The van der Waals surface area contributed by atoms with Crippen molar-refractivity contribution in [3.63, 3.8) is 0 Å². The van der Waals surface area contributed by atoms with Gasteiger partial charge in [-0.15, -0.1) is 0 Å². The number of nitrogens with one attached hydrogen (secondary N) is 1. The van der Waals surface area contributed by atoms with E-state index in [1.54, 1.807) is 0 Å². The maximum atomic E-state index is 5.83. The molecule has 0 spiro atoms. The highest BCUT2D eigenvalue weighted by molar-refractivity contribution is 4.77. The first-order valence-corrected chi connectivity index (χ1v) is 7.93. The number of piperidine rings is 1. The van der Waals surface area contributed by atoms with Crippen LogP contribution >= 0.6 is 0 Å². The molecule has 0 aliphatic carbocycles. The second-order valence-corrected chi connectivity index (χ2v) is 5.94. The Labute approximate surface area is 112 Å². The molecule has 1 atom stereocenters. The van der Waals surface area contributed by atoms with Gasteiger partial charge in [-0.25, -0.2) is 0 Å². The summed E-state index contributed by atoms with van der Waals surface area (Å²) in [6.07, 6.45) is 8.40. The Balaban J connectivity index is 1.57. The number of likely N-dealkylation sites (tertiary alicyclic amines) is 1. The van der Waals surface area contributed by atoms with Crippen molar-refractivity contribution in [3.05, 3.63) is 0 Å². The van der Waals surface area contributed by atoms with Crippen LogP contribution in [-0.2, 0) is 4.74 Å². The van der Waals surface area contributed by atoms with E-state index in [1.165, 1.54) is 71.2 Å². The largest absolute Gasteiger partial charge is 0.377 e. The fourth-order valence-corrected chi connectivity index (χ4v) is 3.10. The van der Waals surface area contributed by atoms with E-state index in [0.29, 0.717) is 6.10 Å². The van der Waals surface area contributed by atoms with E-state index in [1.807, 2.05) is 0 Å². The zero-order chi connectivity index (χ0) is 12.6. The predicted molar refractivity (Wildman–Crippen MR) is 75.9 cm³/mol. The third kappa shape index (κ3) is 4.87. The molecule has 106 valence electrons. The molecule has 3 nitrogen and oxygen atoms in total. The summed E-state index contributed by atoms with van der Waals surface area (Å²) in [5, 5.41) is 3.56. The van der Waals surface area contributed by atoms with Crippen molar-refractivity contribution in [1.82, 2.24) is 10.2 Å². The van der Waals surface area contributed by atoms with Crippen LogP contribution in [0.2, 0.25) is 0 Å². The van der Waals surface area contributed by atoms with Crippen LogP contribution in [0.3, 0.4) is 0 Å². The van der Waals surface area contributed by atoms with Gasteiger partial charge in [0, 0.05) is 13.2 Å². The number of rotatable bonds is 6. The van der Waals surface area contributed by atoms with Crippen molar-refractivity contribution >= 4 is 0 Å². The molecule has 0 saturated carbocycles. The highest BCUT2D eigenvalue weighted by Gasteiger charge is 2.22. The number of ether oxygens (including phenoxy) is 1. The Morgan fingerprint density at radius 1 is 1.17 bits per heavy atom. The van der Waals surface area contributed by atoms with Crippen LogP contribution in [0.25, 0.3) is 0 Å². The average molecular weight is 254 g/mol. The molecule has 18 heavy (non-hydrogen) atoms. The fraction of sp³-hybridized carbons (Fsp3) is 1.00. The van der Waals surface area contributed by atoms with Crippen LogP contribution in [0, 0.1) is 5.92 Å². The molecule has 2 aliphatic heterocycles. The van der Waals surface area contributed by atoms with Crippen LogP contribution < -0.4 is 5.32 Å². The van der Waals surface area contributed by atoms with Gasteiger partial charge in [0.25, 0.3) is 0 Å². The van der Waals surface area contributed by atoms with E-state index in [2.05, 4.69) is 17.1 Å². The second kappa shape index (κ2) is 8.13. The molecular formula is C15H30N2O. The Kier molecular flexibility index (Phi) is 6.46. The molecule has 1 N–H and O–H groups in total. The maximum Gasteiger partial charge on any atom is 0.0702 e. The molecule has 2 fully saturated rings. The van der Waals surface area contributed by atoms with E-state index in [9.17, 15) is 0 Å². The summed E-state index contributed by atoms with van der Waals surface area (Å²) in [6.45, 7) is 9.35. The summed E-state index contributed by atoms with van der Waals surface area (Å²) in [5.41, 5.74) is 0. The lowest BCUT2D eigenvalue weighted by Crippen LogP contribution is -2.42. The predicted octanol–water partition coefficient (Wildman–Crippen LogP) is 2.27. The van der Waals surface area contributed by atoms with Gasteiger partial charge in [-0.1, -0.05) is 6.92 Å². The van der Waals surface area contributed by atoms with E-state index >= 15 is 0 Å². The van der Waals surface area contributed by atoms with Gasteiger partial charge in [0.1, 0.15) is 0 Å². The minimum Gasteiger partial charge on any atom is -0.377 e. The van der Waals surface area contributed by atoms with Crippen LogP contribution in [0.15, 0.2) is 0 Å². The fourth-order valence-electron chi connectivity index (χ4n) is 3.10. The quantitative estimate of drug-likeness (QED) is 0.736. The molecule has 0 aromatic heterocycles. The molecular weight excluding hydrogens is 224 g/mol. The van der Waals surface area contributed by atoms with Crippen molar-refractivity contribution in [1.29, 1.82) is 0 Å². The molecule has 0 aromatic rings. The van der Waals surface area contributed by atoms with E-state index < -0.39 is 0 Å². The number of hydrogen-bond acceptors (Lipinski definition) is 3. The minimum absolute atomic E-state index is 0.522. The summed E-state index contributed by atoms with van der Waals surface area (Å²) in [5.74, 6) is 0.903. The van der Waals surface area contributed by atoms with E-state index in [0.717, 1.165) is 12.5 Å². The third-order valence-electron chi connectivity index (χ3n) is 4.30. The standard InChI is InChI=1S/C15H30N2O/c1-2-8-16-12-14-6-9-17(10-7-14)13-15-5-3-4-11-18-15/h14-16H,2-13H2,1H3. The highest BCUT2D eigenvalue weighted by Crippen LogP contribution is 2.19. The van der Waals surface area contributed by atoms with Gasteiger partial charge < -0.3 is 15.0 Å². The lowest BCUT2D eigenvalue weighted by molar-refractivity contribution is -0.0112. The van der Waals surface area contributed by atoms with E-state index in [-0.39, 0.29) is 0 Å². The molecule has 0 aromatic carbocycles. The van der Waals surface area contributed by atoms with Crippen molar-refractivity contribution in [3.8, 4) is 0 Å². The SMILES string of the molecule is CCCNCC1CCN(CC2CCCCO2)CC1. The molecule has 0 bridgehead atoms. The zero-order valence-corrected chi connectivity index (χ0v) is 12.0. The molecule has 2 aliphatic rings. The van der Waals surface area contributed by atoms with Crippen LogP contribution in [0.4, 0.5) is 0 Å². The first-order chi connectivity index (χ1) is 8.88. The van der Waals surface area contributed by atoms with Gasteiger partial charge in [0.05, 0.1) is 6.10 Å². The maximum absolute atomic E-state index is 5.83. The molecule has 1 unspecified atom stereocenters. The molecule has 2 rings (SSSR count). The summed E-state index contributed by atoms with van der Waals surface area (Å²) in [6, 6.07) is 0. The van der Waals surface area contributed by atoms with Gasteiger partial charge in [-0.3, -0.25) is 0 Å². The van der Waals surface area contributed by atoms with Crippen molar-refractivity contribution < 1.29 is 4.74 Å². The summed E-state index contributed by atoms with van der Waals surface area (Å²) in [4.78, 5) is 2.62. The number of hydrogen-bond donors (Lipinski definition) is 1. The number of nitrogens with zero attached hydrogens (tertiary/aromatic N) is 1. The topological polar surface area (TPSA) is 24.5 Å². The minimum atomic E-state index is 0.522. The van der Waals surface area contributed by atoms with Gasteiger partial charge in [0.15, 0.2) is 0 Å². The van der Waals surface area contributed by atoms with Gasteiger partial charge in [-0.2, -0.15) is 0 Å². The van der Waals surface area contributed by atoms with Crippen LogP contribution in [-0.4, -0.2) is 50.3 Å². The molecule has 2 saturated heterocycles. The first kappa shape index (κ1) is 14.3. The van der Waals surface area contributed by atoms with Gasteiger partial charge in [0.2, 0.25) is 0 Å². The lowest BCUT2D eigenvalue weighted by atomic mass is 9.96. The summed E-state index contributed by atoms with van der Waals surface area (Å²) in [7, 11) is 0. The van der Waals surface area contributed by atoms with Crippen LogP contribution in [0.1, 0.15) is 45.4 Å². The molecule has 3 heteroatoms. The van der Waals surface area contributed by atoms with Gasteiger partial charge in [-0.05, 0) is 70.6 Å². The zero-order valence-electron chi connectivity index (χ0n) is 12.0. The lowest BCUT2D eigenvalue weighted by Gasteiger charge is -2.35. The summed E-state index contributed by atoms with van der Waals surface area (Å²) < 4.78 is 5.83. The molecule has 2 heterocycles. The Morgan fingerprint density at radius 2 is 2.00 bits per heavy atom. The molecule has 0 amide bonds. The highest BCUT2D eigenvalue weighted by atomic mass is 16.5. The third-order valence-corrected chi connectivity index (χ3v) is 4.30. The smallest absolute Gasteiger partial charge is 0.0702 e. The van der Waals surface area contributed by atoms with Crippen molar-refractivity contribution in [2.75, 3.05) is 39.3 Å². The monoisotopic (exact) mass is 254 g/mol. The van der Waals surface area contributed by atoms with Crippen molar-refractivity contribution in [2.24, 2.45) is 5.92 Å². The first-order valence-electron chi connectivity index (χ1n) is 7.93. The van der Waals surface area contributed by atoms with Crippen LogP contribution in [0.5, 0.6) is 0 Å². The molecule has 0 radical (unpaired) electrons. The Bertz CT molecular complexity index is 209. The second-order valence-electron chi connectivity index (χ2n) is 5.94. The summed E-state index contributed by atoms with van der Waals surface area (Å²) >= 11 is 0. The van der Waals surface area contributed by atoms with E-state index in [4.69, 9.17) is 4.74 Å². The van der Waals surface area contributed by atoms with Crippen molar-refractivity contribution in [2.45, 2.75) is 51.6 Å². The Hall–Kier alpha value is -0.120. The average Bonchev–Trinajstić information content (AvgIpc) is 2.42. The normalized spacial score (nSPS) is 27.5. The van der Waals surface area contributed by atoms with Gasteiger partial charge >= 0.3 is 0 Å². The Morgan fingerprint density at radius 3 is 2.67 bits per heavy atom.